The van der Waals surface area contributed by atoms with E-state index in [2.05, 4.69) is 26.2 Å². The summed E-state index contributed by atoms with van der Waals surface area (Å²) in [7, 11) is 1.61. The molecule has 1 heterocycles. The highest BCUT2D eigenvalue weighted by atomic mass is 79.9. The highest BCUT2D eigenvalue weighted by Gasteiger charge is 2.22. The number of nitrogens with one attached hydrogen (secondary N) is 1. The second kappa shape index (κ2) is 5.41. The van der Waals surface area contributed by atoms with E-state index in [1.54, 1.807) is 25.4 Å². The molecular formula is C11H15BrN2O2. The number of hydrogen-bond acceptors (Lipinski definition) is 3. The quantitative estimate of drug-likeness (QED) is 0.862. The number of amides is 1. The van der Waals surface area contributed by atoms with Crippen molar-refractivity contribution in [3.05, 3.63) is 28.5 Å². The van der Waals surface area contributed by atoms with Crippen LogP contribution in [0.25, 0.3) is 0 Å². The Kier molecular flexibility index (Phi) is 4.44. The zero-order valence-electron chi connectivity index (χ0n) is 9.58. The van der Waals surface area contributed by atoms with Crippen molar-refractivity contribution in [2.45, 2.75) is 19.4 Å². The number of hydrogen-bond donors (Lipinski definition) is 1. The second-order valence-electron chi connectivity index (χ2n) is 4.11. The van der Waals surface area contributed by atoms with Gasteiger partial charge in [0.25, 0.3) is 5.91 Å². The number of nitrogens with zero attached hydrogens (tertiary/aromatic N) is 1. The summed E-state index contributed by atoms with van der Waals surface area (Å²) in [6.45, 7) is 4.26. The molecule has 5 heteroatoms. The number of ether oxygens (including phenoxy) is 1. The Morgan fingerprint density at radius 1 is 1.62 bits per heavy atom. The van der Waals surface area contributed by atoms with Crippen LogP contribution < -0.4 is 5.32 Å². The van der Waals surface area contributed by atoms with Crippen LogP contribution in [0.2, 0.25) is 0 Å². The maximum absolute atomic E-state index is 11.9. The molecule has 1 aromatic rings. The molecule has 0 aliphatic rings. The fourth-order valence-corrected chi connectivity index (χ4v) is 1.76. The van der Waals surface area contributed by atoms with E-state index < -0.39 is 5.54 Å². The summed E-state index contributed by atoms with van der Waals surface area (Å²) in [4.78, 5) is 15.9. The number of rotatable bonds is 4. The SMILES string of the molecule is COCC(C)(C)NC(=O)c1cccnc1Br. The fourth-order valence-electron chi connectivity index (χ4n) is 1.33. The van der Waals surface area contributed by atoms with Crippen molar-refractivity contribution < 1.29 is 9.53 Å². The molecule has 88 valence electrons. The maximum Gasteiger partial charge on any atom is 0.254 e. The van der Waals surface area contributed by atoms with E-state index in [9.17, 15) is 4.79 Å². The summed E-state index contributed by atoms with van der Waals surface area (Å²) in [5.74, 6) is -0.165. The maximum atomic E-state index is 11.9. The third kappa shape index (κ3) is 3.57. The predicted molar refractivity (Wildman–Crippen MR) is 65.4 cm³/mol. The van der Waals surface area contributed by atoms with Gasteiger partial charge in [-0.2, -0.15) is 0 Å². The van der Waals surface area contributed by atoms with Gasteiger partial charge in [0.05, 0.1) is 17.7 Å². The summed E-state index contributed by atoms with van der Waals surface area (Å²) in [5, 5.41) is 2.88. The molecule has 16 heavy (non-hydrogen) atoms. The van der Waals surface area contributed by atoms with Gasteiger partial charge in [0.2, 0.25) is 0 Å². The predicted octanol–water partition coefficient (Wildman–Crippen LogP) is 2.00. The second-order valence-corrected chi connectivity index (χ2v) is 4.86. The summed E-state index contributed by atoms with van der Waals surface area (Å²) >= 11 is 3.24. The number of pyridine rings is 1. The molecule has 0 aromatic carbocycles. The number of carbonyl (C=O) groups is 1. The van der Waals surface area contributed by atoms with Crippen LogP contribution >= 0.6 is 15.9 Å². The van der Waals surface area contributed by atoms with Crippen molar-refractivity contribution in [3.8, 4) is 0 Å². The Labute approximate surface area is 104 Å². The Hall–Kier alpha value is -0.940. The highest BCUT2D eigenvalue weighted by molar-refractivity contribution is 9.10. The number of halogens is 1. The molecule has 1 amide bonds. The first-order valence-electron chi connectivity index (χ1n) is 4.88. The molecule has 0 bridgehead atoms. The Morgan fingerprint density at radius 2 is 2.31 bits per heavy atom. The topological polar surface area (TPSA) is 51.2 Å². The van der Waals surface area contributed by atoms with Gasteiger partial charge in [0, 0.05) is 13.3 Å². The minimum absolute atomic E-state index is 0.165. The van der Waals surface area contributed by atoms with Gasteiger partial charge in [-0.25, -0.2) is 4.98 Å². The van der Waals surface area contributed by atoms with Crippen LogP contribution in [-0.4, -0.2) is 30.1 Å². The Morgan fingerprint density at radius 3 is 2.88 bits per heavy atom. The van der Waals surface area contributed by atoms with Gasteiger partial charge >= 0.3 is 0 Å². The van der Waals surface area contributed by atoms with Crippen LogP contribution in [-0.2, 0) is 4.74 Å². The molecule has 1 N–H and O–H groups in total. The van der Waals surface area contributed by atoms with Crippen molar-refractivity contribution in [2.24, 2.45) is 0 Å². The standard InChI is InChI=1S/C11H15BrN2O2/c1-11(2,7-16-3)14-10(15)8-5-4-6-13-9(8)12/h4-6H,7H2,1-3H3,(H,14,15). The molecule has 0 aliphatic carbocycles. The average molecular weight is 287 g/mol. The van der Waals surface area contributed by atoms with E-state index in [-0.39, 0.29) is 5.91 Å². The van der Waals surface area contributed by atoms with Gasteiger partial charge in [0.15, 0.2) is 0 Å². The molecule has 0 aliphatic heterocycles. The van der Waals surface area contributed by atoms with Crippen LogP contribution in [0.5, 0.6) is 0 Å². The lowest BCUT2D eigenvalue weighted by Crippen LogP contribution is -2.46. The summed E-state index contributed by atoms with van der Waals surface area (Å²) in [5.41, 5.74) is 0.118. The summed E-state index contributed by atoms with van der Waals surface area (Å²) in [6, 6.07) is 3.44. The normalized spacial score (nSPS) is 11.2. The first-order chi connectivity index (χ1) is 7.46. The molecule has 0 saturated heterocycles. The summed E-state index contributed by atoms with van der Waals surface area (Å²) < 4.78 is 5.57. The molecule has 0 unspecified atom stereocenters. The van der Waals surface area contributed by atoms with Crippen LogP contribution in [0.4, 0.5) is 0 Å². The average Bonchev–Trinajstić information content (AvgIpc) is 2.17. The van der Waals surface area contributed by atoms with Gasteiger partial charge in [-0.3, -0.25) is 4.79 Å². The van der Waals surface area contributed by atoms with E-state index in [1.807, 2.05) is 13.8 Å². The monoisotopic (exact) mass is 286 g/mol. The molecule has 1 aromatic heterocycles. The van der Waals surface area contributed by atoms with E-state index in [1.165, 1.54) is 0 Å². The van der Waals surface area contributed by atoms with Gasteiger partial charge < -0.3 is 10.1 Å². The third-order valence-corrected chi connectivity index (χ3v) is 2.59. The van der Waals surface area contributed by atoms with Crippen LogP contribution in [0, 0.1) is 0 Å². The molecule has 0 radical (unpaired) electrons. The minimum atomic E-state index is -0.402. The number of carbonyl (C=O) groups excluding carboxylic acids is 1. The lowest BCUT2D eigenvalue weighted by Gasteiger charge is -2.25. The van der Waals surface area contributed by atoms with Gasteiger partial charge in [-0.15, -0.1) is 0 Å². The number of aromatic nitrogens is 1. The Balaban J connectivity index is 2.77. The highest BCUT2D eigenvalue weighted by Crippen LogP contribution is 2.14. The van der Waals surface area contributed by atoms with Crippen molar-refractivity contribution in [3.63, 3.8) is 0 Å². The van der Waals surface area contributed by atoms with Crippen LogP contribution in [0.3, 0.4) is 0 Å². The zero-order chi connectivity index (χ0) is 12.2. The lowest BCUT2D eigenvalue weighted by atomic mass is 10.1. The van der Waals surface area contributed by atoms with Crippen molar-refractivity contribution in [2.75, 3.05) is 13.7 Å². The first-order valence-corrected chi connectivity index (χ1v) is 5.67. The van der Waals surface area contributed by atoms with Crippen LogP contribution in [0.1, 0.15) is 24.2 Å². The molecule has 0 atom stereocenters. The molecule has 4 nitrogen and oxygen atoms in total. The van der Waals surface area contributed by atoms with Crippen LogP contribution in [0.15, 0.2) is 22.9 Å². The van der Waals surface area contributed by atoms with Crippen molar-refractivity contribution in [1.29, 1.82) is 0 Å². The molecule has 0 saturated carbocycles. The molecule has 1 rings (SSSR count). The summed E-state index contributed by atoms with van der Waals surface area (Å²) in [6.07, 6.45) is 1.63. The molecule has 0 spiro atoms. The van der Waals surface area contributed by atoms with Crippen molar-refractivity contribution >= 4 is 21.8 Å². The van der Waals surface area contributed by atoms with Crippen molar-refractivity contribution in [1.82, 2.24) is 10.3 Å². The molecular weight excluding hydrogens is 272 g/mol. The van der Waals surface area contributed by atoms with Gasteiger partial charge in [-0.05, 0) is 41.9 Å². The third-order valence-electron chi connectivity index (χ3n) is 1.96. The molecule has 0 fully saturated rings. The largest absolute Gasteiger partial charge is 0.382 e. The van der Waals surface area contributed by atoms with E-state index >= 15 is 0 Å². The fraction of sp³-hybridized carbons (Fsp3) is 0.455. The lowest BCUT2D eigenvalue weighted by molar-refractivity contribution is 0.0819. The van der Waals surface area contributed by atoms with Gasteiger partial charge in [0.1, 0.15) is 4.60 Å². The minimum Gasteiger partial charge on any atom is -0.382 e. The zero-order valence-corrected chi connectivity index (χ0v) is 11.2. The van der Waals surface area contributed by atoms with E-state index in [0.717, 1.165) is 0 Å². The number of methoxy groups -OCH3 is 1. The van der Waals surface area contributed by atoms with Gasteiger partial charge in [-0.1, -0.05) is 0 Å². The smallest absolute Gasteiger partial charge is 0.254 e. The Bertz CT molecular complexity index is 380. The first kappa shape index (κ1) is 13.1. The van der Waals surface area contributed by atoms with E-state index in [0.29, 0.717) is 16.8 Å². The van der Waals surface area contributed by atoms with E-state index in [4.69, 9.17) is 4.74 Å².